The highest BCUT2D eigenvalue weighted by Gasteiger charge is 2.16. The van der Waals surface area contributed by atoms with Gasteiger partial charge < -0.3 is 10.2 Å². The molecule has 0 spiro atoms. The number of aromatic nitrogens is 4. The average molecular weight is 317 g/mol. The van der Waals surface area contributed by atoms with Crippen molar-refractivity contribution in [1.29, 1.82) is 0 Å². The molecule has 0 aliphatic rings. The van der Waals surface area contributed by atoms with E-state index >= 15 is 0 Å². The van der Waals surface area contributed by atoms with Gasteiger partial charge >= 0.3 is 0 Å². The lowest BCUT2D eigenvalue weighted by Crippen LogP contribution is -1.98. The standard InChI is InChI=1S/C18H15N5O/c1-11-6-2-3-7-12(11)10-15-22-23-18(24-15)16-17(19)21-14-9-5-4-8-13(14)20-16/h2-9H,10H2,1H3,(H2,19,21). The summed E-state index contributed by atoms with van der Waals surface area (Å²) < 4.78 is 5.75. The fourth-order valence-electron chi connectivity index (χ4n) is 2.56. The maximum absolute atomic E-state index is 6.00. The largest absolute Gasteiger partial charge is 0.419 e. The maximum atomic E-state index is 6.00. The molecular weight excluding hydrogens is 302 g/mol. The molecular formula is C18H15N5O. The third-order valence-corrected chi connectivity index (χ3v) is 3.87. The molecule has 4 rings (SSSR count). The van der Waals surface area contributed by atoms with Crippen molar-refractivity contribution < 1.29 is 4.42 Å². The van der Waals surface area contributed by atoms with Crippen LogP contribution in [0.3, 0.4) is 0 Å². The SMILES string of the molecule is Cc1ccccc1Cc1nnc(-c2nc3ccccc3nc2N)o1. The number of anilines is 1. The van der Waals surface area contributed by atoms with Crippen LogP contribution in [0.15, 0.2) is 52.9 Å². The Morgan fingerprint density at radius 1 is 0.917 bits per heavy atom. The number of fused-ring (bicyclic) bond motifs is 1. The van der Waals surface area contributed by atoms with Crippen molar-refractivity contribution in [1.82, 2.24) is 20.2 Å². The molecule has 2 heterocycles. The molecule has 0 atom stereocenters. The van der Waals surface area contributed by atoms with Gasteiger partial charge in [-0.2, -0.15) is 0 Å². The Morgan fingerprint density at radius 2 is 1.62 bits per heavy atom. The fourth-order valence-corrected chi connectivity index (χ4v) is 2.56. The molecule has 0 amide bonds. The van der Waals surface area contributed by atoms with E-state index in [0.717, 1.165) is 16.6 Å². The minimum Gasteiger partial charge on any atom is -0.419 e. The predicted molar refractivity (Wildman–Crippen MR) is 91.2 cm³/mol. The minimum atomic E-state index is 0.278. The smallest absolute Gasteiger partial charge is 0.270 e. The summed E-state index contributed by atoms with van der Waals surface area (Å²) in [6.07, 6.45) is 0.570. The molecule has 0 aliphatic carbocycles. The third kappa shape index (κ3) is 2.58. The average Bonchev–Trinajstić information content (AvgIpc) is 3.04. The van der Waals surface area contributed by atoms with Gasteiger partial charge in [-0.05, 0) is 30.2 Å². The van der Waals surface area contributed by atoms with Crippen molar-refractivity contribution in [3.8, 4) is 11.6 Å². The van der Waals surface area contributed by atoms with E-state index in [9.17, 15) is 0 Å². The topological polar surface area (TPSA) is 90.7 Å². The molecule has 4 aromatic rings. The van der Waals surface area contributed by atoms with E-state index in [1.54, 1.807) is 0 Å². The van der Waals surface area contributed by atoms with Gasteiger partial charge in [0.25, 0.3) is 5.89 Å². The summed E-state index contributed by atoms with van der Waals surface area (Å²) in [6, 6.07) is 15.6. The van der Waals surface area contributed by atoms with Crippen molar-refractivity contribution in [3.05, 3.63) is 65.5 Å². The van der Waals surface area contributed by atoms with E-state index in [2.05, 4.69) is 33.2 Å². The van der Waals surface area contributed by atoms with Crippen molar-refractivity contribution in [2.24, 2.45) is 0 Å². The lowest BCUT2D eigenvalue weighted by molar-refractivity contribution is 0.516. The Kier molecular flexibility index (Phi) is 3.42. The highest BCUT2D eigenvalue weighted by molar-refractivity contribution is 5.80. The van der Waals surface area contributed by atoms with Crippen LogP contribution in [0.25, 0.3) is 22.6 Å². The van der Waals surface area contributed by atoms with Gasteiger partial charge in [0, 0.05) is 0 Å². The van der Waals surface area contributed by atoms with E-state index in [4.69, 9.17) is 10.2 Å². The molecule has 0 unspecified atom stereocenters. The van der Waals surface area contributed by atoms with Crippen LogP contribution >= 0.6 is 0 Å². The Bertz CT molecular complexity index is 1020. The number of rotatable bonds is 3. The van der Waals surface area contributed by atoms with Crippen LogP contribution < -0.4 is 5.73 Å². The first-order chi connectivity index (χ1) is 11.7. The molecule has 0 aliphatic heterocycles. The zero-order valence-corrected chi connectivity index (χ0v) is 13.1. The Labute approximate surface area is 138 Å². The van der Waals surface area contributed by atoms with Crippen LogP contribution in [-0.2, 0) is 6.42 Å². The molecule has 0 fully saturated rings. The second kappa shape index (κ2) is 5.73. The van der Waals surface area contributed by atoms with Crippen LogP contribution in [0.2, 0.25) is 0 Å². The van der Waals surface area contributed by atoms with Crippen LogP contribution in [0.4, 0.5) is 5.82 Å². The molecule has 0 bridgehead atoms. The second-order valence-electron chi connectivity index (χ2n) is 5.55. The molecule has 118 valence electrons. The molecule has 0 saturated carbocycles. The summed E-state index contributed by atoms with van der Waals surface area (Å²) in [4.78, 5) is 8.85. The summed E-state index contributed by atoms with van der Waals surface area (Å²) in [5.74, 6) is 1.09. The van der Waals surface area contributed by atoms with Crippen molar-refractivity contribution in [2.75, 3.05) is 5.73 Å². The number of hydrogen-bond acceptors (Lipinski definition) is 6. The van der Waals surface area contributed by atoms with Gasteiger partial charge in [0.15, 0.2) is 11.5 Å². The number of aryl methyl sites for hydroxylation is 1. The zero-order chi connectivity index (χ0) is 16.5. The maximum Gasteiger partial charge on any atom is 0.270 e. The summed E-state index contributed by atoms with van der Waals surface area (Å²) >= 11 is 0. The van der Waals surface area contributed by atoms with Gasteiger partial charge in [-0.3, -0.25) is 0 Å². The molecule has 2 aromatic carbocycles. The first-order valence-corrected chi connectivity index (χ1v) is 7.60. The highest BCUT2D eigenvalue weighted by Crippen LogP contribution is 2.24. The van der Waals surface area contributed by atoms with Crippen LogP contribution in [0.5, 0.6) is 0 Å². The first-order valence-electron chi connectivity index (χ1n) is 7.60. The van der Waals surface area contributed by atoms with E-state index in [1.807, 2.05) is 42.5 Å². The molecule has 2 aromatic heterocycles. The number of nitrogens with two attached hydrogens (primary N) is 1. The van der Waals surface area contributed by atoms with E-state index in [-0.39, 0.29) is 11.7 Å². The second-order valence-corrected chi connectivity index (χ2v) is 5.55. The molecule has 0 radical (unpaired) electrons. The number of nitrogen functional groups attached to an aromatic ring is 1. The monoisotopic (exact) mass is 317 g/mol. The summed E-state index contributed by atoms with van der Waals surface area (Å²) in [5.41, 5.74) is 10.2. The summed E-state index contributed by atoms with van der Waals surface area (Å²) in [7, 11) is 0. The van der Waals surface area contributed by atoms with E-state index < -0.39 is 0 Å². The lowest BCUT2D eigenvalue weighted by atomic mass is 10.1. The predicted octanol–water partition coefficient (Wildman–Crippen LogP) is 3.16. The first kappa shape index (κ1) is 14.3. The van der Waals surface area contributed by atoms with Crippen molar-refractivity contribution in [2.45, 2.75) is 13.3 Å². The molecule has 6 nitrogen and oxygen atoms in total. The summed E-state index contributed by atoms with van der Waals surface area (Å²) in [5, 5.41) is 8.19. The number of hydrogen-bond donors (Lipinski definition) is 1. The quantitative estimate of drug-likeness (QED) is 0.624. The van der Waals surface area contributed by atoms with Gasteiger partial charge in [-0.1, -0.05) is 36.4 Å². The molecule has 0 saturated heterocycles. The minimum absolute atomic E-state index is 0.278. The molecule has 24 heavy (non-hydrogen) atoms. The lowest BCUT2D eigenvalue weighted by Gasteiger charge is -2.03. The van der Waals surface area contributed by atoms with Crippen molar-refractivity contribution in [3.63, 3.8) is 0 Å². The van der Waals surface area contributed by atoms with E-state index in [1.165, 1.54) is 5.56 Å². The number of benzene rings is 2. The van der Waals surface area contributed by atoms with Gasteiger partial charge in [-0.25, -0.2) is 9.97 Å². The Hall–Kier alpha value is -3.28. The summed E-state index contributed by atoms with van der Waals surface area (Å²) in [6.45, 7) is 2.05. The highest BCUT2D eigenvalue weighted by atomic mass is 16.4. The normalized spacial score (nSPS) is 11.0. The van der Waals surface area contributed by atoms with Crippen LogP contribution in [0.1, 0.15) is 17.0 Å². The van der Waals surface area contributed by atoms with Gasteiger partial charge in [0.1, 0.15) is 0 Å². The Morgan fingerprint density at radius 3 is 2.42 bits per heavy atom. The van der Waals surface area contributed by atoms with Crippen LogP contribution in [-0.4, -0.2) is 20.2 Å². The van der Waals surface area contributed by atoms with Crippen molar-refractivity contribution >= 4 is 16.9 Å². The fraction of sp³-hybridized carbons (Fsp3) is 0.111. The molecule has 6 heteroatoms. The molecule has 2 N–H and O–H groups in total. The van der Waals surface area contributed by atoms with Gasteiger partial charge in [0.2, 0.25) is 5.89 Å². The third-order valence-electron chi connectivity index (χ3n) is 3.87. The van der Waals surface area contributed by atoms with E-state index in [0.29, 0.717) is 18.0 Å². The van der Waals surface area contributed by atoms with Crippen LogP contribution in [0, 0.1) is 6.92 Å². The number of nitrogens with zero attached hydrogens (tertiary/aromatic N) is 4. The number of para-hydroxylation sites is 2. The van der Waals surface area contributed by atoms with Gasteiger partial charge in [-0.15, -0.1) is 10.2 Å². The Balaban J connectivity index is 1.70. The zero-order valence-electron chi connectivity index (χ0n) is 13.1. The van der Waals surface area contributed by atoms with Gasteiger partial charge in [0.05, 0.1) is 17.5 Å².